The highest BCUT2D eigenvalue weighted by Crippen LogP contribution is 2.45. The number of hydrogen-bond donors (Lipinski definition) is 1. The van der Waals surface area contributed by atoms with Crippen LogP contribution in [-0.2, 0) is 6.42 Å². The van der Waals surface area contributed by atoms with Gasteiger partial charge in [0.05, 0.1) is 5.69 Å². The number of pyridine rings is 3. The number of anilines is 1. The van der Waals surface area contributed by atoms with E-state index in [1.54, 1.807) is 6.20 Å². The van der Waals surface area contributed by atoms with Gasteiger partial charge in [-0.15, -0.1) is 0 Å². The fourth-order valence-electron chi connectivity index (χ4n) is 3.87. The molecule has 5 rings (SSSR count). The van der Waals surface area contributed by atoms with E-state index >= 15 is 0 Å². The van der Waals surface area contributed by atoms with Crippen molar-refractivity contribution in [2.45, 2.75) is 12.3 Å². The predicted molar refractivity (Wildman–Crippen MR) is 99.2 cm³/mol. The van der Waals surface area contributed by atoms with Gasteiger partial charge in [-0.3, -0.25) is 9.97 Å². The van der Waals surface area contributed by atoms with Crippen molar-refractivity contribution in [3.8, 4) is 11.3 Å². The third-order valence-corrected chi connectivity index (χ3v) is 5.02. The summed E-state index contributed by atoms with van der Waals surface area (Å²) in [5.74, 6) is 0.759. The number of aromatic nitrogens is 3. The monoisotopic (exact) mass is 324 g/mol. The molecule has 0 saturated heterocycles. The largest absolute Gasteiger partial charge is 0.383 e. The van der Waals surface area contributed by atoms with Crippen LogP contribution in [0.3, 0.4) is 0 Å². The standard InChI is InChI=1S/C21H16N4/c22-21-18-12-24-9-7-15(18)19-16(13-4-2-1-3-5-13)10-14-6-8-23-11-17(14)20(19)25-21/h1-9,11-12,16H,10H2,(H2,22,25). The molecule has 0 aliphatic heterocycles. The lowest BCUT2D eigenvalue weighted by atomic mass is 9.76. The van der Waals surface area contributed by atoms with Gasteiger partial charge in [-0.25, -0.2) is 4.98 Å². The molecule has 2 N–H and O–H groups in total. The first-order valence-corrected chi connectivity index (χ1v) is 8.34. The van der Waals surface area contributed by atoms with Crippen LogP contribution < -0.4 is 5.73 Å². The summed E-state index contributed by atoms with van der Waals surface area (Å²) in [5, 5.41) is 2.04. The minimum Gasteiger partial charge on any atom is -0.383 e. The average molecular weight is 324 g/mol. The molecular formula is C21H16N4. The molecule has 1 aromatic carbocycles. The van der Waals surface area contributed by atoms with Gasteiger partial charge in [0.2, 0.25) is 0 Å². The molecule has 0 saturated carbocycles. The molecule has 1 unspecified atom stereocenters. The molecule has 0 fully saturated rings. The van der Waals surface area contributed by atoms with Crippen LogP contribution in [-0.4, -0.2) is 15.0 Å². The summed E-state index contributed by atoms with van der Waals surface area (Å²) in [6, 6.07) is 14.7. The summed E-state index contributed by atoms with van der Waals surface area (Å²) in [7, 11) is 0. The van der Waals surface area contributed by atoms with Gasteiger partial charge in [0.15, 0.2) is 0 Å². The maximum Gasteiger partial charge on any atom is 0.133 e. The van der Waals surface area contributed by atoms with Crippen molar-refractivity contribution in [3.05, 3.63) is 83.9 Å². The Labute approximate surface area is 145 Å². The lowest BCUT2D eigenvalue weighted by Gasteiger charge is -2.29. The van der Waals surface area contributed by atoms with E-state index in [1.165, 1.54) is 16.7 Å². The summed E-state index contributed by atoms with van der Waals surface area (Å²) in [5.41, 5.74) is 12.0. The van der Waals surface area contributed by atoms with Crippen molar-refractivity contribution >= 4 is 16.6 Å². The maximum absolute atomic E-state index is 6.25. The van der Waals surface area contributed by atoms with Crippen molar-refractivity contribution < 1.29 is 0 Å². The number of hydrogen-bond acceptors (Lipinski definition) is 4. The van der Waals surface area contributed by atoms with Crippen LogP contribution in [0.5, 0.6) is 0 Å². The highest BCUT2D eigenvalue weighted by atomic mass is 14.9. The number of nitrogens with zero attached hydrogens (tertiary/aromatic N) is 3. The maximum atomic E-state index is 6.25. The van der Waals surface area contributed by atoms with E-state index in [9.17, 15) is 0 Å². The zero-order valence-corrected chi connectivity index (χ0v) is 13.6. The van der Waals surface area contributed by atoms with Crippen LogP contribution >= 0.6 is 0 Å². The number of nitrogen functional groups attached to an aromatic ring is 1. The summed E-state index contributed by atoms with van der Waals surface area (Å²) >= 11 is 0. The van der Waals surface area contributed by atoms with E-state index in [4.69, 9.17) is 10.7 Å². The Hall–Kier alpha value is -3.27. The molecule has 0 amide bonds. The van der Waals surface area contributed by atoms with E-state index in [-0.39, 0.29) is 5.92 Å². The van der Waals surface area contributed by atoms with Crippen molar-refractivity contribution in [2.24, 2.45) is 0 Å². The average Bonchev–Trinajstić information content (AvgIpc) is 2.68. The van der Waals surface area contributed by atoms with Crippen molar-refractivity contribution in [1.82, 2.24) is 15.0 Å². The Bertz CT molecular complexity index is 1090. The highest BCUT2D eigenvalue weighted by Gasteiger charge is 2.29. The normalized spacial score (nSPS) is 15.6. The van der Waals surface area contributed by atoms with Gasteiger partial charge < -0.3 is 5.73 Å². The molecule has 4 aromatic rings. The minimum atomic E-state index is 0.240. The SMILES string of the molecule is Nc1nc2c(c3ccncc13)C(c1ccccc1)Cc1ccncc1-2. The second-order valence-electron chi connectivity index (χ2n) is 6.38. The molecule has 3 aromatic heterocycles. The summed E-state index contributed by atoms with van der Waals surface area (Å²) in [6.45, 7) is 0. The number of fused-ring (bicyclic) bond motifs is 5. The summed E-state index contributed by atoms with van der Waals surface area (Å²) < 4.78 is 0. The van der Waals surface area contributed by atoms with Crippen LogP contribution in [0.2, 0.25) is 0 Å². The molecule has 4 nitrogen and oxygen atoms in total. The molecule has 1 aliphatic carbocycles. The lowest BCUT2D eigenvalue weighted by Crippen LogP contribution is -2.15. The van der Waals surface area contributed by atoms with Crippen molar-refractivity contribution in [1.29, 1.82) is 0 Å². The first kappa shape index (κ1) is 14.1. The molecule has 25 heavy (non-hydrogen) atoms. The second-order valence-corrected chi connectivity index (χ2v) is 6.38. The van der Waals surface area contributed by atoms with Crippen LogP contribution in [0.15, 0.2) is 67.3 Å². The Kier molecular flexibility index (Phi) is 3.04. The molecule has 0 bridgehead atoms. The Balaban J connectivity index is 1.89. The van der Waals surface area contributed by atoms with E-state index in [1.807, 2.05) is 30.7 Å². The zero-order chi connectivity index (χ0) is 16.8. The van der Waals surface area contributed by atoms with E-state index < -0.39 is 0 Å². The van der Waals surface area contributed by atoms with Gasteiger partial charge >= 0.3 is 0 Å². The third-order valence-electron chi connectivity index (χ3n) is 5.02. The molecule has 4 heteroatoms. The molecule has 1 aliphatic rings. The van der Waals surface area contributed by atoms with Gasteiger partial charge in [-0.2, -0.15) is 0 Å². The van der Waals surface area contributed by atoms with Crippen LogP contribution in [0, 0.1) is 0 Å². The Morgan fingerprint density at radius 2 is 1.68 bits per heavy atom. The van der Waals surface area contributed by atoms with Crippen LogP contribution in [0.25, 0.3) is 22.0 Å². The topological polar surface area (TPSA) is 64.7 Å². The summed E-state index contributed by atoms with van der Waals surface area (Å²) in [6.07, 6.45) is 8.30. The molecule has 1 atom stereocenters. The van der Waals surface area contributed by atoms with Gasteiger partial charge in [0.25, 0.3) is 0 Å². The smallest absolute Gasteiger partial charge is 0.133 e. The van der Waals surface area contributed by atoms with Gasteiger partial charge in [0.1, 0.15) is 5.82 Å². The molecule has 3 heterocycles. The van der Waals surface area contributed by atoms with Crippen molar-refractivity contribution in [3.63, 3.8) is 0 Å². The molecule has 120 valence electrons. The first-order valence-electron chi connectivity index (χ1n) is 8.34. The lowest BCUT2D eigenvalue weighted by molar-refractivity contribution is 0.792. The highest BCUT2D eigenvalue weighted by molar-refractivity contribution is 5.98. The van der Waals surface area contributed by atoms with E-state index in [0.717, 1.165) is 28.5 Å². The number of nitrogens with two attached hydrogens (primary N) is 1. The van der Waals surface area contributed by atoms with Gasteiger partial charge in [-0.1, -0.05) is 30.3 Å². The molecule has 0 radical (unpaired) electrons. The fourth-order valence-corrected chi connectivity index (χ4v) is 3.87. The second kappa shape index (κ2) is 5.38. The minimum absolute atomic E-state index is 0.240. The summed E-state index contributed by atoms with van der Waals surface area (Å²) in [4.78, 5) is 13.3. The number of benzene rings is 1. The quantitative estimate of drug-likeness (QED) is 0.575. The first-order chi connectivity index (χ1) is 12.3. The van der Waals surface area contributed by atoms with Crippen LogP contribution in [0.4, 0.5) is 5.82 Å². The Morgan fingerprint density at radius 3 is 2.56 bits per heavy atom. The van der Waals surface area contributed by atoms with Gasteiger partial charge in [0, 0.05) is 41.7 Å². The fraction of sp³-hybridized carbons (Fsp3) is 0.0952. The molecule has 0 spiro atoms. The molecular weight excluding hydrogens is 308 g/mol. The van der Waals surface area contributed by atoms with Gasteiger partial charge in [-0.05, 0) is 40.6 Å². The van der Waals surface area contributed by atoms with Crippen LogP contribution in [0.1, 0.15) is 22.6 Å². The predicted octanol–water partition coefficient (Wildman–Crippen LogP) is 3.96. The number of rotatable bonds is 1. The van der Waals surface area contributed by atoms with Crippen molar-refractivity contribution in [2.75, 3.05) is 5.73 Å². The zero-order valence-electron chi connectivity index (χ0n) is 13.6. The Morgan fingerprint density at radius 1 is 0.880 bits per heavy atom. The van der Waals surface area contributed by atoms with E-state index in [2.05, 4.69) is 40.3 Å². The third kappa shape index (κ3) is 2.11. The van der Waals surface area contributed by atoms with E-state index in [0.29, 0.717) is 5.82 Å².